The summed E-state index contributed by atoms with van der Waals surface area (Å²) in [6.07, 6.45) is 1.08. The minimum atomic E-state index is -1.38. The molecule has 20 heavy (non-hydrogen) atoms. The van der Waals surface area contributed by atoms with Gasteiger partial charge in [0.25, 0.3) is 0 Å². The fourth-order valence-corrected chi connectivity index (χ4v) is 3.09. The molecule has 2 aliphatic rings. The highest BCUT2D eigenvalue weighted by atomic mass is 16.7. The lowest BCUT2D eigenvalue weighted by Crippen LogP contribution is -2.41. The van der Waals surface area contributed by atoms with Crippen molar-refractivity contribution in [3.63, 3.8) is 0 Å². The fourth-order valence-electron chi connectivity index (χ4n) is 3.09. The molecular weight excluding hydrogens is 256 g/mol. The molecule has 0 radical (unpaired) electrons. The number of rotatable bonds is 1. The molecule has 1 aromatic carbocycles. The molecule has 0 spiro atoms. The van der Waals surface area contributed by atoms with E-state index in [1.807, 2.05) is 24.3 Å². The molecule has 0 saturated heterocycles. The first kappa shape index (κ1) is 12.8. The molecule has 2 unspecified atom stereocenters. The van der Waals surface area contributed by atoms with Crippen molar-refractivity contribution in [2.75, 3.05) is 6.79 Å². The van der Waals surface area contributed by atoms with Crippen molar-refractivity contribution in [1.82, 2.24) is 0 Å². The second kappa shape index (κ2) is 4.70. The molecule has 0 aromatic heterocycles. The van der Waals surface area contributed by atoms with Gasteiger partial charge >= 0.3 is 0 Å². The quantitative estimate of drug-likeness (QED) is 0.844. The lowest BCUT2D eigenvalue weighted by atomic mass is 9.63. The summed E-state index contributed by atoms with van der Waals surface area (Å²) < 4.78 is 10.6. The lowest BCUT2D eigenvalue weighted by Gasteiger charge is -2.37. The van der Waals surface area contributed by atoms with Crippen molar-refractivity contribution in [3.8, 4) is 23.6 Å². The van der Waals surface area contributed by atoms with Crippen LogP contribution in [-0.2, 0) is 0 Å². The van der Waals surface area contributed by atoms with Gasteiger partial charge in [0.2, 0.25) is 6.79 Å². The van der Waals surface area contributed by atoms with E-state index in [2.05, 4.69) is 0 Å². The maximum Gasteiger partial charge on any atom is 0.231 e. The van der Waals surface area contributed by atoms with E-state index in [0.717, 1.165) is 12.0 Å². The summed E-state index contributed by atoms with van der Waals surface area (Å²) in [5.41, 5.74) is -0.539. The zero-order valence-electron chi connectivity index (χ0n) is 10.9. The molecule has 1 saturated carbocycles. The van der Waals surface area contributed by atoms with E-state index in [4.69, 9.17) is 9.47 Å². The normalized spacial score (nSPS) is 26.6. The molecule has 0 amide bonds. The number of ether oxygens (including phenoxy) is 2. The molecule has 1 aliphatic carbocycles. The molecule has 1 N–H and O–H groups in total. The maximum absolute atomic E-state index is 10.1. The van der Waals surface area contributed by atoms with Crippen molar-refractivity contribution in [2.45, 2.75) is 31.3 Å². The van der Waals surface area contributed by atoms with Crippen LogP contribution >= 0.6 is 0 Å². The molecular formula is C15H14N2O3. The Hall–Kier alpha value is -2.24. The smallest absolute Gasteiger partial charge is 0.231 e. The molecule has 5 nitrogen and oxygen atoms in total. The van der Waals surface area contributed by atoms with Gasteiger partial charge in [0, 0.05) is 5.92 Å². The van der Waals surface area contributed by atoms with Gasteiger partial charge in [-0.1, -0.05) is 12.5 Å². The van der Waals surface area contributed by atoms with E-state index in [9.17, 15) is 15.6 Å². The van der Waals surface area contributed by atoms with Crippen LogP contribution in [0.4, 0.5) is 0 Å². The highest BCUT2D eigenvalue weighted by Crippen LogP contribution is 2.48. The van der Waals surface area contributed by atoms with Crippen molar-refractivity contribution < 1.29 is 14.6 Å². The predicted molar refractivity (Wildman–Crippen MR) is 68.8 cm³/mol. The van der Waals surface area contributed by atoms with Crippen LogP contribution < -0.4 is 9.47 Å². The third-order valence-electron chi connectivity index (χ3n) is 4.21. The second-order valence-electron chi connectivity index (χ2n) is 5.20. The van der Waals surface area contributed by atoms with Crippen LogP contribution in [0.25, 0.3) is 0 Å². The first-order valence-electron chi connectivity index (χ1n) is 6.61. The van der Waals surface area contributed by atoms with Crippen LogP contribution in [0.3, 0.4) is 0 Å². The van der Waals surface area contributed by atoms with E-state index in [-0.39, 0.29) is 12.7 Å². The lowest BCUT2D eigenvalue weighted by molar-refractivity contribution is 0.0442. The first-order valence-corrected chi connectivity index (χ1v) is 6.61. The number of benzene rings is 1. The fraction of sp³-hybridized carbons (Fsp3) is 0.467. The average molecular weight is 270 g/mol. The highest BCUT2D eigenvalue weighted by Gasteiger charge is 2.49. The van der Waals surface area contributed by atoms with Crippen molar-refractivity contribution in [2.24, 2.45) is 5.41 Å². The summed E-state index contributed by atoms with van der Waals surface area (Å²) in [6, 6.07) is 9.55. The molecule has 1 aromatic rings. The van der Waals surface area contributed by atoms with E-state index < -0.39 is 11.5 Å². The van der Waals surface area contributed by atoms with E-state index in [1.54, 1.807) is 6.07 Å². The van der Waals surface area contributed by atoms with Gasteiger partial charge in [0.15, 0.2) is 16.9 Å². The second-order valence-corrected chi connectivity index (χ2v) is 5.20. The maximum atomic E-state index is 10.1. The van der Waals surface area contributed by atoms with E-state index >= 15 is 0 Å². The monoisotopic (exact) mass is 270 g/mol. The van der Waals surface area contributed by atoms with Gasteiger partial charge in [-0.05, 0) is 30.5 Å². The zero-order valence-corrected chi connectivity index (χ0v) is 10.9. The van der Waals surface area contributed by atoms with Crippen molar-refractivity contribution >= 4 is 0 Å². The molecule has 102 valence electrons. The summed E-state index contributed by atoms with van der Waals surface area (Å²) >= 11 is 0. The van der Waals surface area contributed by atoms with Gasteiger partial charge in [0.05, 0.1) is 18.2 Å². The predicted octanol–water partition coefficient (Wildman–Crippen LogP) is 2.08. The topological polar surface area (TPSA) is 86.3 Å². The number of nitriles is 2. The van der Waals surface area contributed by atoms with E-state index in [1.165, 1.54) is 0 Å². The molecule has 1 heterocycles. The van der Waals surface area contributed by atoms with Gasteiger partial charge in [-0.25, -0.2) is 0 Å². The molecule has 0 bridgehead atoms. The summed E-state index contributed by atoms with van der Waals surface area (Å²) in [5.74, 6) is 0.993. The van der Waals surface area contributed by atoms with Crippen LogP contribution in [0, 0.1) is 28.1 Å². The molecule has 5 heteroatoms. The van der Waals surface area contributed by atoms with Crippen LogP contribution in [0.15, 0.2) is 18.2 Å². The summed E-state index contributed by atoms with van der Waals surface area (Å²) in [7, 11) is 0. The molecule has 2 atom stereocenters. The first-order chi connectivity index (χ1) is 9.71. The van der Waals surface area contributed by atoms with Crippen LogP contribution in [0.5, 0.6) is 11.5 Å². The van der Waals surface area contributed by atoms with Crippen LogP contribution in [0.2, 0.25) is 0 Å². The average Bonchev–Trinajstić information content (AvgIpc) is 2.94. The Bertz CT molecular complexity index is 601. The Morgan fingerprint density at radius 3 is 2.65 bits per heavy atom. The van der Waals surface area contributed by atoms with Crippen molar-refractivity contribution in [3.05, 3.63) is 23.8 Å². The number of nitrogens with zero attached hydrogens (tertiary/aromatic N) is 2. The zero-order chi connectivity index (χ0) is 14.2. The Kier molecular flexibility index (Phi) is 3.00. The number of hydrogen-bond donors (Lipinski definition) is 1. The minimum Gasteiger partial charge on any atom is -0.454 e. The molecule has 1 aliphatic heterocycles. The number of aliphatic hydroxyl groups is 1. The van der Waals surface area contributed by atoms with E-state index in [0.29, 0.717) is 24.3 Å². The standard InChI is InChI=1S/C15H14N2O3/c16-7-15(8-17)11(2-1-3-14(15)18)10-4-5-12-13(6-10)20-9-19-12/h4-6,11,14,18H,1-3,9H2. The van der Waals surface area contributed by atoms with Gasteiger partial charge < -0.3 is 14.6 Å². The third-order valence-corrected chi connectivity index (χ3v) is 4.21. The Morgan fingerprint density at radius 1 is 1.15 bits per heavy atom. The molecule has 3 rings (SSSR count). The van der Waals surface area contributed by atoms with Crippen molar-refractivity contribution in [1.29, 1.82) is 10.5 Å². The number of aliphatic hydroxyl groups excluding tert-OH is 1. The summed E-state index contributed by atoms with van der Waals surface area (Å²) in [6.45, 7) is 0.188. The van der Waals surface area contributed by atoms with Gasteiger partial charge in [-0.2, -0.15) is 10.5 Å². The Morgan fingerprint density at radius 2 is 1.90 bits per heavy atom. The highest BCUT2D eigenvalue weighted by molar-refractivity contribution is 5.47. The summed E-state index contributed by atoms with van der Waals surface area (Å²) in [4.78, 5) is 0. The largest absolute Gasteiger partial charge is 0.454 e. The third kappa shape index (κ3) is 1.71. The Balaban J connectivity index is 2.04. The van der Waals surface area contributed by atoms with Gasteiger partial charge in [0.1, 0.15) is 0 Å². The minimum absolute atomic E-state index is 0.188. The number of hydrogen-bond acceptors (Lipinski definition) is 5. The molecule has 1 fully saturated rings. The van der Waals surface area contributed by atoms with Gasteiger partial charge in [-0.15, -0.1) is 0 Å². The Labute approximate surface area is 117 Å². The SMILES string of the molecule is N#CC1(C#N)C(O)CCCC1c1ccc2c(c1)OCO2. The van der Waals surface area contributed by atoms with Crippen LogP contribution in [-0.4, -0.2) is 18.0 Å². The van der Waals surface area contributed by atoms with Crippen LogP contribution in [0.1, 0.15) is 30.7 Å². The van der Waals surface area contributed by atoms with Gasteiger partial charge in [-0.3, -0.25) is 0 Å². The summed E-state index contributed by atoms with van der Waals surface area (Å²) in [5, 5.41) is 29.0. The number of fused-ring (bicyclic) bond motifs is 1.